The Balaban J connectivity index is 2.88. The van der Waals surface area contributed by atoms with Gasteiger partial charge in [-0.05, 0) is 25.1 Å². The van der Waals surface area contributed by atoms with E-state index < -0.39 is 11.9 Å². The van der Waals surface area contributed by atoms with Gasteiger partial charge >= 0.3 is 0 Å². The van der Waals surface area contributed by atoms with E-state index in [0.717, 1.165) is 0 Å². The molecule has 0 aliphatic heterocycles. The van der Waals surface area contributed by atoms with Crippen LogP contribution in [0.1, 0.15) is 18.1 Å². The van der Waals surface area contributed by atoms with Crippen LogP contribution in [0.15, 0.2) is 18.2 Å². The summed E-state index contributed by atoms with van der Waals surface area (Å²) in [5.41, 5.74) is 6.12. The largest absolute Gasteiger partial charge is 0.340 e. The number of nitrogens with zero attached hydrogens (tertiary/aromatic N) is 2. The molecule has 2 N–H and O–H groups in total. The van der Waals surface area contributed by atoms with Gasteiger partial charge in [-0.25, -0.2) is 4.39 Å². The van der Waals surface area contributed by atoms with E-state index in [1.807, 2.05) is 6.07 Å². The third kappa shape index (κ3) is 3.26. The Morgan fingerprint density at radius 2 is 2.29 bits per heavy atom. The maximum absolute atomic E-state index is 13.5. The highest BCUT2D eigenvalue weighted by Crippen LogP contribution is 2.12. The van der Waals surface area contributed by atoms with E-state index in [-0.39, 0.29) is 12.5 Å². The van der Waals surface area contributed by atoms with Crippen LogP contribution in [0, 0.1) is 17.1 Å². The number of hydrogen-bond donors (Lipinski definition) is 1. The minimum absolute atomic E-state index is 0.0989. The van der Waals surface area contributed by atoms with Crippen molar-refractivity contribution in [2.24, 2.45) is 5.73 Å². The molecular formula is C12H14FN3O. The summed E-state index contributed by atoms with van der Waals surface area (Å²) in [6.45, 7) is 1.67. The average molecular weight is 235 g/mol. The molecule has 0 aliphatic rings. The lowest BCUT2D eigenvalue weighted by molar-refractivity contribution is -0.131. The molecule has 0 bridgehead atoms. The van der Waals surface area contributed by atoms with Gasteiger partial charge in [-0.15, -0.1) is 0 Å². The summed E-state index contributed by atoms with van der Waals surface area (Å²) < 4.78 is 13.5. The smallest absolute Gasteiger partial charge is 0.239 e. The Kier molecular flexibility index (Phi) is 4.18. The predicted octanol–water partition coefficient (Wildman–Crippen LogP) is 1.00. The van der Waals surface area contributed by atoms with Crippen molar-refractivity contribution < 1.29 is 9.18 Å². The maximum Gasteiger partial charge on any atom is 0.239 e. The molecule has 1 aromatic carbocycles. The van der Waals surface area contributed by atoms with Crippen molar-refractivity contribution in [2.75, 3.05) is 7.05 Å². The van der Waals surface area contributed by atoms with Crippen molar-refractivity contribution in [3.8, 4) is 6.07 Å². The number of nitriles is 1. The van der Waals surface area contributed by atoms with E-state index in [2.05, 4.69) is 0 Å². The molecule has 0 saturated carbocycles. The van der Waals surface area contributed by atoms with Crippen LogP contribution in [0.4, 0.5) is 4.39 Å². The highest BCUT2D eigenvalue weighted by molar-refractivity contribution is 5.80. The van der Waals surface area contributed by atoms with Crippen LogP contribution in [0.5, 0.6) is 0 Å². The van der Waals surface area contributed by atoms with Gasteiger partial charge in [-0.1, -0.05) is 0 Å². The van der Waals surface area contributed by atoms with Gasteiger partial charge in [0.05, 0.1) is 17.7 Å². The summed E-state index contributed by atoms with van der Waals surface area (Å²) in [7, 11) is 1.55. The minimum atomic E-state index is -0.623. The number of carbonyl (C=O) groups is 1. The fourth-order valence-corrected chi connectivity index (χ4v) is 1.45. The molecule has 1 amide bonds. The number of amides is 1. The molecule has 0 saturated heterocycles. The van der Waals surface area contributed by atoms with Gasteiger partial charge in [-0.2, -0.15) is 5.26 Å². The van der Waals surface area contributed by atoms with E-state index in [0.29, 0.717) is 11.1 Å². The molecule has 1 rings (SSSR count). The first-order chi connectivity index (χ1) is 7.95. The summed E-state index contributed by atoms with van der Waals surface area (Å²) >= 11 is 0. The van der Waals surface area contributed by atoms with Crippen LogP contribution in [-0.4, -0.2) is 23.9 Å². The molecule has 5 heteroatoms. The number of benzene rings is 1. The minimum Gasteiger partial charge on any atom is -0.340 e. The zero-order valence-electron chi connectivity index (χ0n) is 9.77. The van der Waals surface area contributed by atoms with Gasteiger partial charge in [0.2, 0.25) is 5.91 Å². The highest BCUT2D eigenvalue weighted by atomic mass is 19.1. The van der Waals surface area contributed by atoms with Crippen molar-refractivity contribution in [3.63, 3.8) is 0 Å². The molecular weight excluding hydrogens is 221 g/mol. The lowest BCUT2D eigenvalue weighted by atomic mass is 10.1. The number of nitrogens with two attached hydrogens (primary N) is 1. The molecule has 1 unspecified atom stereocenters. The van der Waals surface area contributed by atoms with E-state index in [1.165, 1.54) is 23.1 Å². The second-order valence-electron chi connectivity index (χ2n) is 3.90. The molecule has 1 aromatic rings. The maximum atomic E-state index is 13.5. The quantitative estimate of drug-likeness (QED) is 0.849. The molecule has 0 aromatic heterocycles. The first-order valence-electron chi connectivity index (χ1n) is 5.14. The molecule has 17 heavy (non-hydrogen) atoms. The highest BCUT2D eigenvalue weighted by Gasteiger charge is 2.15. The van der Waals surface area contributed by atoms with E-state index in [1.54, 1.807) is 14.0 Å². The van der Waals surface area contributed by atoms with E-state index in [9.17, 15) is 9.18 Å². The molecule has 0 spiro atoms. The van der Waals surface area contributed by atoms with Gasteiger partial charge in [0.1, 0.15) is 5.82 Å². The molecule has 1 atom stereocenters. The summed E-state index contributed by atoms with van der Waals surface area (Å²) in [5, 5.41) is 8.71. The van der Waals surface area contributed by atoms with Crippen molar-refractivity contribution >= 4 is 5.91 Å². The lowest BCUT2D eigenvalue weighted by Crippen LogP contribution is -2.39. The van der Waals surface area contributed by atoms with Crippen molar-refractivity contribution in [3.05, 3.63) is 35.1 Å². The summed E-state index contributed by atoms with van der Waals surface area (Å²) in [4.78, 5) is 12.9. The lowest BCUT2D eigenvalue weighted by Gasteiger charge is -2.19. The average Bonchev–Trinajstić information content (AvgIpc) is 2.30. The zero-order chi connectivity index (χ0) is 13.0. The van der Waals surface area contributed by atoms with Crippen LogP contribution in [0.25, 0.3) is 0 Å². The van der Waals surface area contributed by atoms with Gasteiger partial charge in [-0.3, -0.25) is 4.79 Å². The summed E-state index contributed by atoms with van der Waals surface area (Å²) in [6.07, 6.45) is 0. The number of halogens is 1. The Labute approximate surface area is 99.4 Å². The third-order valence-corrected chi connectivity index (χ3v) is 2.35. The number of hydrogen-bond acceptors (Lipinski definition) is 3. The molecule has 0 radical (unpaired) electrons. The van der Waals surface area contributed by atoms with Crippen LogP contribution >= 0.6 is 0 Å². The van der Waals surface area contributed by atoms with Crippen LogP contribution in [-0.2, 0) is 11.3 Å². The predicted molar refractivity (Wildman–Crippen MR) is 61.2 cm³/mol. The van der Waals surface area contributed by atoms with E-state index in [4.69, 9.17) is 11.0 Å². The Morgan fingerprint density at radius 3 is 2.82 bits per heavy atom. The van der Waals surface area contributed by atoms with Crippen LogP contribution < -0.4 is 5.73 Å². The molecule has 0 aliphatic carbocycles. The van der Waals surface area contributed by atoms with Crippen molar-refractivity contribution in [1.29, 1.82) is 5.26 Å². The second kappa shape index (κ2) is 5.41. The molecule has 0 fully saturated rings. The fraction of sp³-hybridized carbons (Fsp3) is 0.333. The summed E-state index contributed by atoms with van der Waals surface area (Å²) in [6, 6.07) is 5.35. The first kappa shape index (κ1) is 13.1. The fourth-order valence-electron chi connectivity index (χ4n) is 1.45. The zero-order valence-corrected chi connectivity index (χ0v) is 9.77. The van der Waals surface area contributed by atoms with Crippen LogP contribution in [0.2, 0.25) is 0 Å². The Morgan fingerprint density at radius 1 is 1.65 bits per heavy atom. The monoisotopic (exact) mass is 235 g/mol. The van der Waals surface area contributed by atoms with Crippen molar-refractivity contribution in [2.45, 2.75) is 19.5 Å². The van der Waals surface area contributed by atoms with Gasteiger partial charge in [0.25, 0.3) is 0 Å². The van der Waals surface area contributed by atoms with Gasteiger partial charge in [0.15, 0.2) is 0 Å². The number of likely N-dealkylation sites (N-methyl/N-ethyl adjacent to an activating group) is 1. The van der Waals surface area contributed by atoms with Crippen molar-refractivity contribution in [1.82, 2.24) is 4.90 Å². The number of carbonyl (C=O) groups excluding carboxylic acids is 1. The van der Waals surface area contributed by atoms with Crippen LogP contribution in [0.3, 0.4) is 0 Å². The number of rotatable bonds is 3. The van der Waals surface area contributed by atoms with Gasteiger partial charge in [0, 0.05) is 19.2 Å². The Hall–Kier alpha value is -1.93. The topological polar surface area (TPSA) is 70.1 Å². The first-order valence-corrected chi connectivity index (χ1v) is 5.14. The standard InChI is InChI=1S/C12H14FN3O/c1-8(15)12(17)16(2)7-10-5-9(6-14)3-4-11(10)13/h3-5,8H,7,15H2,1-2H3. The summed E-state index contributed by atoms with van der Waals surface area (Å²) in [5.74, 6) is -0.708. The molecule has 90 valence electrons. The van der Waals surface area contributed by atoms with E-state index >= 15 is 0 Å². The van der Waals surface area contributed by atoms with Gasteiger partial charge < -0.3 is 10.6 Å². The second-order valence-corrected chi connectivity index (χ2v) is 3.90. The molecule has 0 heterocycles. The SMILES string of the molecule is CC(N)C(=O)N(C)Cc1cc(C#N)ccc1F. The normalized spacial score (nSPS) is 11.7. The molecule has 4 nitrogen and oxygen atoms in total. The third-order valence-electron chi connectivity index (χ3n) is 2.35. The Bertz CT molecular complexity index is 465.